The van der Waals surface area contributed by atoms with Gasteiger partial charge in [-0.15, -0.1) is 11.3 Å². The lowest BCUT2D eigenvalue weighted by atomic mass is 9.94. The van der Waals surface area contributed by atoms with Crippen molar-refractivity contribution >= 4 is 17.2 Å². The molecule has 4 nitrogen and oxygen atoms in total. The summed E-state index contributed by atoms with van der Waals surface area (Å²) in [7, 11) is 0. The number of carbonyl (C=O) groups is 1. The Hall–Kier alpha value is -1.41. The topological polar surface area (TPSA) is 65.8 Å². The summed E-state index contributed by atoms with van der Waals surface area (Å²) < 4.78 is 0. The number of hydrogen-bond donors (Lipinski definition) is 1. The van der Waals surface area contributed by atoms with Gasteiger partial charge in [-0.05, 0) is 20.3 Å². The maximum absolute atomic E-state index is 11.8. The van der Waals surface area contributed by atoms with Crippen molar-refractivity contribution in [2.24, 2.45) is 5.41 Å². The van der Waals surface area contributed by atoms with E-state index < -0.39 is 5.41 Å². The highest BCUT2D eigenvalue weighted by Gasteiger charge is 2.29. The van der Waals surface area contributed by atoms with E-state index in [0.29, 0.717) is 0 Å². The molecule has 0 spiro atoms. The SMILES string of the molecule is CCC(NC(=O)C(C)(C)C#N)c1nccs1. The molecule has 0 radical (unpaired) electrons. The van der Waals surface area contributed by atoms with Crippen molar-refractivity contribution in [2.45, 2.75) is 33.2 Å². The molecule has 1 heterocycles. The first-order valence-corrected chi connectivity index (χ1v) is 6.01. The van der Waals surface area contributed by atoms with E-state index in [-0.39, 0.29) is 11.9 Å². The van der Waals surface area contributed by atoms with E-state index in [1.807, 2.05) is 18.4 Å². The molecule has 0 saturated heterocycles. The van der Waals surface area contributed by atoms with E-state index in [9.17, 15) is 4.79 Å². The highest BCUT2D eigenvalue weighted by atomic mass is 32.1. The van der Waals surface area contributed by atoms with Crippen LogP contribution in [0.3, 0.4) is 0 Å². The van der Waals surface area contributed by atoms with Crippen LogP contribution in [-0.2, 0) is 4.79 Å². The summed E-state index contributed by atoms with van der Waals surface area (Å²) in [6.07, 6.45) is 2.48. The quantitative estimate of drug-likeness (QED) is 0.873. The summed E-state index contributed by atoms with van der Waals surface area (Å²) in [6.45, 7) is 5.19. The molecule has 0 aliphatic heterocycles. The van der Waals surface area contributed by atoms with Crippen LogP contribution in [0.25, 0.3) is 0 Å². The fraction of sp³-hybridized carbons (Fsp3) is 0.545. The van der Waals surface area contributed by atoms with Crippen LogP contribution in [0.2, 0.25) is 0 Å². The maximum atomic E-state index is 11.8. The van der Waals surface area contributed by atoms with Crippen LogP contribution in [0, 0.1) is 16.7 Å². The fourth-order valence-electron chi connectivity index (χ4n) is 1.13. The van der Waals surface area contributed by atoms with Crippen LogP contribution in [0.15, 0.2) is 11.6 Å². The van der Waals surface area contributed by atoms with Crippen LogP contribution < -0.4 is 5.32 Å². The molecular weight excluding hydrogens is 222 g/mol. The lowest BCUT2D eigenvalue weighted by molar-refractivity contribution is -0.127. The van der Waals surface area contributed by atoms with Crippen molar-refractivity contribution in [3.8, 4) is 6.07 Å². The maximum Gasteiger partial charge on any atom is 0.240 e. The van der Waals surface area contributed by atoms with Gasteiger partial charge in [-0.25, -0.2) is 4.98 Å². The third-order valence-electron chi connectivity index (χ3n) is 2.31. The van der Waals surface area contributed by atoms with Crippen molar-refractivity contribution in [1.82, 2.24) is 10.3 Å². The zero-order valence-corrected chi connectivity index (χ0v) is 10.5. The standard InChI is InChI=1S/C11H15N3OS/c1-4-8(9-13-5-6-16-9)14-10(15)11(2,3)7-12/h5-6,8H,4H2,1-3H3,(H,14,15). The van der Waals surface area contributed by atoms with Gasteiger partial charge in [-0.2, -0.15) is 5.26 Å². The van der Waals surface area contributed by atoms with Gasteiger partial charge in [0.25, 0.3) is 0 Å². The molecule has 1 atom stereocenters. The molecule has 5 heteroatoms. The van der Waals surface area contributed by atoms with Crippen LogP contribution in [0.5, 0.6) is 0 Å². The number of nitriles is 1. The molecule has 0 aromatic carbocycles. The van der Waals surface area contributed by atoms with Gasteiger partial charge in [-0.3, -0.25) is 4.79 Å². The van der Waals surface area contributed by atoms with Crippen LogP contribution in [0.1, 0.15) is 38.2 Å². The van der Waals surface area contributed by atoms with Gasteiger partial charge in [0, 0.05) is 11.6 Å². The molecule has 1 N–H and O–H groups in total. The molecule has 0 bridgehead atoms. The zero-order chi connectivity index (χ0) is 12.2. The molecule has 1 amide bonds. The van der Waals surface area contributed by atoms with E-state index in [1.54, 1.807) is 20.0 Å². The molecule has 86 valence electrons. The smallest absolute Gasteiger partial charge is 0.240 e. The summed E-state index contributed by atoms with van der Waals surface area (Å²) in [5, 5.41) is 14.5. The van der Waals surface area contributed by atoms with Crippen LogP contribution in [-0.4, -0.2) is 10.9 Å². The van der Waals surface area contributed by atoms with Gasteiger partial charge in [0.05, 0.1) is 12.1 Å². The van der Waals surface area contributed by atoms with Gasteiger partial charge in [0.1, 0.15) is 10.4 Å². The molecule has 1 rings (SSSR count). The second-order valence-electron chi connectivity index (χ2n) is 4.04. The average Bonchev–Trinajstić information content (AvgIpc) is 2.78. The molecule has 1 aromatic rings. The summed E-state index contributed by atoms with van der Waals surface area (Å²) in [6, 6.07) is 1.89. The van der Waals surface area contributed by atoms with Gasteiger partial charge in [-0.1, -0.05) is 6.92 Å². The predicted molar refractivity (Wildman–Crippen MR) is 62.7 cm³/mol. The number of nitrogens with zero attached hydrogens (tertiary/aromatic N) is 2. The number of thiazole rings is 1. The minimum atomic E-state index is -0.995. The monoisotopic (exact) mass is 237 g/mol. The molecule has 0 saturated carbocycles. The summed E-state index contributed by atoms with van der Waals surface area (Å²) in [5.41, 5.74) is -0.995. The van der Waals surface area contributed by atoms with Crippen molar-refractivity contribution in [3.63, 3.8) is 0 Å². The van der Waals surface area contributed by atoms with Gasteiger partial charge in [0.2, 0.25) is 5.91 Å². The number of nitrogens with one attached hydrogen (secondary N) is 1. The number of hydrogen-bond acceptors (Lipinski definition) is 4. The normalized spacial score (nSPS) is 12.9. The Bertz CT molecular complexity index is 392. The molecule has 0 aliphatic rings. The van der Waals surface area contributed by atoms with E-state index in [4.69, 9.17) is 5.26 Å². The van der Waals surface area contributed by atoms with E-state index >= 15 is 0 Å². The predicted octanol–water partition coefficient (Wildman–Crippen LogP) is 2.26. The zero-order valence-electron chi connectivity index (χ0n) is 9.65. The lowest BCUT2D eigenvalue weighted by Gasteiger charge is -2.20. The van der Waals surface area contributed by atoms with Gasteiger partial charge < -0.3 is 5.32 Å². The van der Waals surface area contributed by atoms with Gasteiger partial charge >= 0.3 is 0 Å². The number of amides is 1. The molecule has 1 aromatic heterocycles. The minimum absolute atomic E-state index is 0.0971. The van der Waals surface area contributed by atoms with Crippen molar-refractivity contribution < 1.29 is 4.79 Å². The first-order chi connectivity index (χ1) is 7.51. The first-order valence-electron chi connectivity index (χ1n) is 5.13. The lowest BCUT2D eigenvalue weighted by Crippen LogP contribution is -2.38. The number of rotatable bonds is 4. The Morgan fingerprint density at radius 1 is 1.75 bits per heavy atom. The largest absolute Gasteiger partial charge is 0.346 e. The first kappa shape index (κ1) is 12.7. The summed E-state index contributed by atoms with van der Waals surface area (Å²) in [4.78, 5) is 16.0. The summed E-state index contributed by atoms with van der Waals surface area (Å²) in [5.74, 6) is -0.253. The third kappa shape index (κ3) is 2.80. The molecule has 1 unspecified atom stereocenters. The summed E-state index contributed by atoms with van der Waals surface area (Å²) >= 11 is 1.51. The number of aromatic nitrogens is 1. The molecular formula is C11H15N3OS. The highest BCUT2D eigenvalue weighted by molar-refractivity contribution is 7.09. The number of carbonyl (C=O) groups excluding carboxylic acids is 1. The second kappa shape index (κ2) is 5.08. The van der Waals surface area contributed by atoms with E-state index in [1.165, 1.54) is 11.3 Å². The molecule has 0 fully saturated rings. The Balaban J connectivity index is 2.73. The highest BCUT2D eigenvalue weighted by Crippen LogP contribution is 2.21. The van der Waals surface area contributed by atoms with Crippen molar-refractivity contribution in [1.29, 1.82) is 5.26 Å². The Kier molecular flexibility index (Phi) is 4.02. The average molecular weight is 237 g/mol. The minimum Gasteiger partial charge on any atom is -0.346 e. The van der Waals surface area contributed by atoms with Crippen LogP contribution >= 0.6 is 11.3 Å². The Labute approximate surface area is 99.3 Å². The van der Waals surface area contributed by atoms with Crippen LogP contribution in [0.4, 0.5) is 0 Å². The van der Waals surface area contributed by atoms with Gasteiger partial charge in [0.15, 0.2) is 0 Å². The van der Waals surface area contributed by atoms with Crippen molar-refractivity contribution in [2.75, 3.05) is 0 Å². The Morgan fingerprint density at radius 3 is 2.88 bits per heavy atom. The van der Waals surface area contributed by atoms with Crippen molar-refractivity contribution in [3.05, 3.63) is 16.6 Å². The Morgan fingerprint density at radius 2 is 2.44 bits per heavy atom. The van der Waals surface area contributed by atoms with E-state index in [0.717, 1.165) is 11.4 Å². The fourth-order valence-corrected chi connectivity index (χ4v) is 1.91. The third-order valence-corrected chi connectivity index (χ3v) is 3.20. The molecule has 0 aliphatic carbocycles. The second-order valence-corrected chi connectivity index (χ2v) is 4.97. The van der Waals surface area contributed by atoms with E-state index in [2.05, 4.69) is 10.3 Å². The molecule has 16 heavy (non-hydrogen) atoms.